The molecule has 0 saturated heterocycles. The van der Waals surface area contributed by atoms with Gasteiger partial charge >= 0.3 is 0 Å². The second-order valence-electron chi connectivity index (χ2n) is 6.33. The third-order valence-corrected chi connectivity index (χ3v) is 5.35. The summed E-state index contributed by atoms with van der Waals surface area (Å²) in [5.74, 6) is 0.0186. The first-order valence-corrected chi connectivity index (χ1v) is 10.8. The second kappa shape index (κ2) is 11.4. The fourth-order valence-corrected chi connectivity index (χ4v) is 3.74. The Labute approximate surface area is 189 Å². The Hall–Kier alpha value is -1.76. The number of rotatable bonds is 9. The first-order chi connectivity index (χ1) is 13.8. The molecule has 8 heteroatoms. The Kier molecular flexibility index (Phi) is 9.27. The molecular formula is C21H23BrCl2N2O3. The smallest absolute Gasteiger partial charge is 0.261 e. The molecule has 29 heavy (non-hydrogen) atoms. The maximum absolute atomic E-state index is 13.0. The van der Waals surface area contributed by atoms with E-state index in [0.717, 1.165) is 5.56 Å². The predicted molar refractivity (Wildman–Crippen MR) is 119 cm³/mol. The molecule has 2 aromatic rings. The number of benzene rings is 2. The van der Waals surface area contributed by atoms with Gasteiger partial charge in [-0.25, -0.2) is 0 Å². The minimum atomic E-state index is -0.601. The lowest BCUT2D eigenvalue weighted by molar-refractivity contribution is -0.142. The number of hydrogen-bond donors (Lipinski definition) is 1. The highest BCUT2D eigenvalue weighted by Gasteiger charge is 2.28. The Morgan fingerprint density at radius 2 is 1.76 bits per heavy atom. The standard InChI is InChI=1S/C21H23BrCl2N2O3/c1-3-18(21(28)25-4-2)26(12-14-5-7-15(23)8-6-14)20(27)13-29-19-10-9-16(24)11-17(19)22/h5-11,18H,3-4,12-13H2,1-2H3,(H,25,28)/t18-/m1/s1. The Morgan fingerprint density at radius 3 is 2.34 bits per heavy atom. The fourth-order valence-electron chi connectivity index (χ4n) is 2.81. The summed E-state index contributed by atoms with van der Waals surface area (Å²) >= 11 is 15.3. The van der Waals surface area contributed by atoms with Gasteiger partial charge in [0.1, 0.15) is 11.8 Å². The molecule has 2 aromatic carbocycles. The molecule has 0 fully saturated rings. The predicted octanol–water partition coefficient (Wildman–Crippen LogP) is 5.08. The maximum Gasteiger partial charge on any atom is 0.261 e. The SMILES string of the molecule is CCNC(=O)[C@@H](CC)N(Cc1ccc(Cl)cc1)C(=O)COc1ccc(Cl)cc1Br. The molecule has 1 N–H and O–H groups in total. The third kappa shape index (κ3) is 6.91. The van der Waals surface area contributed by atoms with Gasteiger partial charge in [-0.15, -0.1) is 0 Å². The zero-order chi connectivity index (χ0) is 21.4. The van der Waals surface area contributed by atoms with E-state index in [4.69, 9.17) is 27.9 Å². The van der Waals surface area contributed by atoms with Crippen molar-refractivity contribution in [1.29, 1.82) is 0 Å². The van der Waals surface area contributed by atoms with Crippen molar-refractivity contribution in [2.75, 3.05) is 13.2 Å². The van der Waals surface area contributed by atoms with Gasteiger partial charge in [-0.3, -0.25) is 9.59 Å². The summed E-state index contributed by atoms with van der Waals surface area (Å²) in [7, 11) is 0. The van der Waals surface area contributed by atoms with Gasteiger partial charge in [0, 0.05) is 23.1 Å². The number of ether oxygens (including phenoxy) is 1. The highest BCUT2D eigenvalue weighted by atomic mass is 79.9. The van der Waals surface area contributed by atoms with Gasteiger partial charge in [0.2, 0.25) is 5.91 Å². The average molecular weight is 502 g/mol. The van der Waals surface area contributed by atoms with Crippen molar-refractivity contribution in [3.8, 4) is 5.75 Å². The molecule has 0 radical (unpaired) electrons. The van der Waals surface area contributed by atoms with Crippen molar-refractivity contribution >= 4 is 50.9 Å². The monoisotopic (exact) mass is 500 g/mol. The van der Waals surface area contributed by atoms with Crippen LogP contribution in [0.4, 0.5) is 0 Å². The zero-order valence-corrected chi connectivity index (χ0v) is 19.4. The molecule has 156 valence electrons. The van der Waals surface area contributed by atoms with Gasteiger partial charge in [-0.05, 0) is 65.2 Å². The van der Waals surface area contributed by atoms with Gasteiger partial charge in [0.05, 0.1) is 4.47 Å². The molecule has 2 amide bonds. The van der Waals surface area contributed by atoms with Crippen molar-refractivity contribution in [3.63, 3.8) is 0 Å². The summed E-state index contributed by atoms with van der Waals surface area (Å²) in [5, 5.41) is 3.97. The van der Waals surface area contributed by atoms with E-state index in [2.05, 4.69) is 21.2 Å². The Balaban J connectivity index is 2.20. The fraction of sp³-hybridized carbons (Fsp3) is 0.333. The van der Waals surface area contributed by atoms with Crippen LogP contribution >= 0.6 is 39.1 Å². The summed E-state index contributed by atoms with van der Waals surface area (Å²) in [6.07, 6.45) is 0.482. The number of carbonyl (C=O) groups is 2. The quantitative estimate of drug-likeness (QED) is 0.521. The van der Waals surface area contributed by atoms with Crippen LogP contribution in [-0.4, -0.2) is 35.9 Å². The van der Waals surface area contributed by atoms with E-state index in [1.54, 1.807) is 30.3 Å². The van der Waals surface area contributed by atoms with E-state index in [1.807, 2.05) is 26.0 Å². The average Bonchev–Trinajstić information content (AvgIpc) is 2.68. The number of nitrogens with one attached hydrogen (secondary N) is 1. The van der Waals surface area contributed by atoms with Gasteiger partial charge in [-0.2, -0.15) is 0 Å². The summed E-state index contributed by atoms with van der Waals surface area (Å²) in [4.78, 5) is 27.1. The summed E-state index contributed by atoms with van der Waals surface area (Å²) in [6.45, 7) is 4.28. The van der Waals surface area contributed by atoms with Crippen LogP contribution in [0.2, 0.25) is 10.0 Å². The molecule has 0 aliphatic carbocycles. The number of amides is 2. The van der Waals surface area contributed by atoms with Gasteiger partial charge < -0.3 is 15.0 Å². The van der Waals surface area contributed by atoms with E-state index in [-0.39, 0.29) is 25.0 Å². The van der Waals surface area contributed by atoms with E-state index in [0.29, 0.717) is 33.2 Å². The number of likely N-dealkylation sites (N-methyl/N-ethyl adjacent to an activating group) is 1. The van der Waals surface area contributed by atoms with E-state index >= 15 is 0 Å². The number of nitrogens with zero attached hydrogens (tertiary/aromatic N) is 1. The van der Waals surface area contributed by atoms with Crippen LogP contribution in [0.15, 0.2) is 46.9 Å². The highest BCUT2D eigenvalue weighted by Crippen LogP contribution is 2.28. The molecule has 0 aliphatic heterocycles. The molecule has 0 bridgehead atoms. The molecule has 2 rings (SSSR count). The Bertz CT molecular complexity index is 846. The lowest BCUT2D eigenvalue weighted by Crippen LogP contribution is -2.50. The van der Waals surface area contributed by atoms with E-state index in [9.17, 15) is 9.59 Å². The van der Waals surface area contributed by atoms with Gasteiger partial charge in [0.15, 0.2) is 6.61 Å². The molecule has 5 nitrogen and oxygen atoms in total. The minimum absolute atomic E-state index is 0.190. The first-order valence-electron chi connectivity index (χ1n) is 9.25. The van der Waals surface area contributed by atoms with Crippen molar-refractivity contribution in [2.45, 2.75) is 32.9 Å². The van der Waals surface area contributed by atoms with Crippen molar-refractivity contribution in [2.24, 2.45) is 0 Å². The molecule has 0 aliphatic rings. The van der Waals surface area contributed by atoms with Crippen molar-refractivity contribution in [1.82, 2.24) is 10.2 Å². The molecule has 0 spiro atoms. The summed E-state index contributed by atoms with van der Waals surface area (Å²) in [6, 6.07) is 11.6. The minimum Gasteiger partial charge on any atom is -0.483 e. The largest absolute Gasteiger partial charge is 0.483 e. The third-order valence-electron chi connectivity index (χ3n) is 4.25. The molecule has 0 saturated carbocycles. The lowest BCUT2D eigenvalue weighted by atomic mass is 10.1. The van der Waals surface area contributed by atoms with E-state index < -0.39 is 6.04 Å². The van der Waals surface area contributed by atoms with E-state index in [1.165, 1.54) is 4.90 Å². The second-order valence-corrected chi connectivity index (χ2v) is 8.06. The normalized spacial score (nSPS) is 11.6. The molecule has 1 atom stereocenters. The molecular weight excluding hydrogens is 479 g/mol. The number of hydrogen-bond acceptors (Lipinski definition) is 3. The van der Waals surface area contributed by atoms with Crippen LogP contribution in [0, 0.1) is 0 Å². The Morgan fingerprint density at radius 1 is 1.10 bits per heavy atom. The van der Waals surface area contributed by atoms with Crippen LogP contribution in [0.25, 0.3) is 0 Å². The molecule has 0 unspecified atom stereocenters. The zero-order valence-electron chi connectivity index (χ0n) is 16.3. The van der Waals surface area contributed by atoms with Crippen molar-refractivity contribution in [3.05, 3.63) is 62.5 Å². The van der Waals surface area contributed by atoms with Crippen LogP contribution < -0.4 is 10.1 Å². The lowest BCUT2D eigenvalue weighted by Gasteiger charge is -2.30. The topological polar surface area (TPSA) is 58.6 Å². The number of halogens is 3. The van der Waals surface area contributed by atoms with Crippen LogP contribution in [-0.2, 0) is 16.1 Å². The van der Waals surface area contributed by atoms with Gasteiger partial charge in [-0.1, -0.05) is 42.3 Å². The van der Waals surface area contributed by atoms with Crippen LogP contribution in [0.3, 0.4) is 0 Å². The number of carbonyl (C=O) groups excluding carboxylic acids is 2. The first kappa shape index (κ1) is 23.5. The van der Waals surface area contributed by atoms with Crippen molar-refractivity contribution < 1.29 is 14.3 Å². The maximum atomic E-state index is 13.0. The molecule has 0 heterocycles. The molecule has 0 aromatic heterocycles. The van der Waals surface area contributed by atoms with Crippen LogP contribution in [0.5, 0.6) is 5.75 Å². The highest BCUT2D eigenvalue weighted by molar-refractivity contribution is 9.10. The van der Waals surface area contributed by atoms with Gasteiger partial charge in [0.25, 0.3) is 5.91 Å². The summed E-state index contributed by atoms with van der Waals surface area (Å²) in [5.41, 5.74) is 0.873. The summed E-state index contributed by atoms with van der Waals surface area (Å²) < 4.78 is 6.33. The van der Waals surface area contributed by atoms with Crippen LogP contribution in [0.1, 0.15) is 25.8 Å².